The number of rotatable bonds is 7. The van der Waals surface area contributed by atoms with E-state index in [1.807, 2.05) is 0 Å². The van der Waals surface area contributed by atoms with Crippen LogP contribution in [0.3, 0.4) is 0 Å². The molecule has 1 aliphatic rings. The van der Waals surface area contributed by atoms with E-state index in [1.165, 1.54) is 83.1 Å². The quantitative estimate of drug-likeness (QED) is 0.157. The Morgan fingerprint density at radius 1 is 0.339 bits per heavy atom. The van der Waals surface area contributed by atoms with E-state index >= 15 is 0 Å². The van der Waals surface area contributed by atoms with Crippen molar-refractivity contribution in [2.24, 2.45) is 0 Å². The first-order valence-corrected chi connectivity index (χ1v) is 20.5. The molecule has 0 fully saturated rings. The van der Waals surface area contributed by atoms with E-state index in [0.29, 0.717) is 0 Å². The summed E-state index contributed by atoms with van der Waals surface area (Å²) in [5.41, 5.74) is 19.6. The molecule has 2 heteroatoms. The van der Waals surface area contributed by atoms with Gasteiger partial charge in [-0.15, -0.1) is 0 Å². The third-order valence-corrected chi connectivity index (χ3v) is 12.4. The lowest BCUT2D eigenvalue weighted by Gasteiger charge is -2.26. The molecular weight excluding hydrogens is 713 g/mol. The number of aromatic nitrogens is 1. The first-order chi connectivity index (χ1) is 29.0. The molecule has 10 aromatic rings. The van der Waals surface area contributed by atoms with Crippen LogP contribution in [0.2, 0.25) is 0 Å². The third-order valence-electron chi connectivity index (χ3n) is 12.4. The Balaban J connectivity index is 0.963. The SMILES string of the molecule is CC1(C)c2ccccc2-c2cc(-c3ccc(N(c4ccc(-c5ccccc5)cc4)c4ccc(-c5ccc6c(c5)c5ccccc5n6-c5ccccc5)cc4)cc3)ccc21. The molecule has 0 radical (unpaired) electrons. The lowest BCUT2D eigenvalue weighted by molar-refractivity contribution is 0.660. The van der Waals surface area contributed by atoms with Crippen molar-refractivity contribution in [3.63, 3.8) is 0 Å². The van der Waals surface area contributed by atoms with Crippen molar-refractivity contribution in [3.8, 4) is 50.2 Å². The third kappa shape index (κ3) is 5.87. The number of hydrogen-bond acceptors (Lipinski definition) is 1. The van der Waals surface area contributed by atoms with Crippen molar-refractivity contribution >= 4 is 38.9 Å². The highest BCUT2D eigenvalue weighted by molar-refractivity contribution is 6.10. The maximum Gasteiger partial charge on any atom is 0.0541 e. The highest BCUT2D eigenvalue weighted by atomic mass is 15.1. The minimum Gasteiger partial charge on any atom is -0.311 e. The van der Waals surface area contributed by atoms with E-state index in [1.54, 1.807) is 0 Å². The van der Waals surface area contributed by atoms with Crippen LogP contribution in [0.4, 0.5) is 17.1 Å². The van der Waals surface area contributed by atoms with Gasteiger partial charge in [-0.2, -0.15) is 0 Å². The molecule has 1 heterocycles. The van der Waals surface area contributed by atoms with Gasteiger partial charge in [0.15, 0.2) is 0 Å². The molecule has 0 saturated carbocycles. The molecule has 0 amide bonds. The fourth-order valence-electron chi connectivity index (χ4n) is 9.39. The second kappa shape index (κ2) is 13.9. The maximum atomic E-state index is 2.38. The Hall–Kier alpha value is -7.42. The van der Waals surface area contributed by atoms with Crippen molar-refractivity contribution in [1.29, 1.82) is 0 Å². The van der Waals surface area contributed by atoms with Crippen LogP contribution in [0.5, 0.6) is 0 Å². The molecule has 280 valence electrons. The van der Waals surface area contributed by atoms with Gasteiger partial charge in [-0.3, -0.25) is 0 Å². The summed E-state index contributed by atoms with van der Waals surface area (Å²) in [5.74, 6) is 0. The minimum absolute atomic E-state index is 0.00401. The first-order valence-electron chi connectivity index (χ1n) is 20.5. The van der Waals surface area contributed by atoms with E-state index in [-0.39, 0.29) is 5.41 Å². The standard InChI is InChI=1S/C57H42N2/c1-57(2)53-19-11-9-17-49(53)51-37-43(27-35-54(51)57)41-23-31-47(32-24-41)58(46-29-21-40(22-30-46)39-13-5-3-6-14-39)48-33-25-42(26-34-48)44-28-36-56-52(38-44)50-18-10-12-20-55(50)59(56)45-15-7-4-8-16-45/h3-38H,1-2H3. The molecule has 1 aliphatic carbocycles. The molecule has 59 heavy (non-hydrogen) atoms. The Morgan fingerprint density at radius 2 is 0.797 bits per heavy atom. The van der Waals surface area contributed by atoms with Crippen molar-refractivity contribution in [2.75, 3.05) is 4.90 Å². The lowest BCUT2D eigenvalue weighted by Crippen LogP contribution is -2.14. The summed E-state index contributed by atoms with van der Waals surface area (Å²) < 4.78 is 2.37. The number of hydrogen-bond donors (Lipinski definition) is 0. The van der Waals surface area contributed by atoms with Gasteiger partial charge >= 0.3 is 0 Å². The fourth-order valence-corrected chi connectivity index (χ4v) is 9.39. The Morgan fingerprint density at radius 3 is 1.46 bits per heavy atom. The van der Waals surface area contributed by atoms with Gasteiger partial charge in [-0.25, -0.2) is 0 Å². The monoisotopic (exact) mass is 754 g/mol. The summed E-state index contributed by atoms with van der Waals surface area (Å²) in [6.45, 7) is 4.67. The van der Waals surface area contributed by atoms with E-state index in [9.17, 15) is 0 Å². The molecule has 0 saturated heterocycles. The molecular formula is C57H42N2. The maximum absolute atomic E-state index is 2.38. The molecule has 0 bridgehead atoms. The predicted molar refractivity (Wildman–Crippen MR) is 249 cm³/mol. The smallest absolute Gasteiger partial charge is 0.0541 e. The summed E-state index contributed by atoms with van der Waals surface area (Å²) in [4.78, 5) is 2.36. The summed E-state index contributed by atoms with van der Waals surface area (Å²) in [6, 6.07) is 79.7. The van der Waals surface area contributed by atoms with Gasteiger partial charge in [0.25, 0.3) is 0 Å². The molecule has 0 aliphatic heterocycles. The van der Waals surface area contributed by atoms with Gasteiger partial charge in [0.1, 0.15) is 0 Å². The van der Waals surface area contributed by atoms with Crippen LogP contribution in [-0.2, 0) is 5.41 Å². The van der Waals surface area contributed by atoms with Crippen LogP contribution >= 0.6 is 0 Å². The molecule has 0 spiro atoms. The van der Waals surface area contributed by atoms with Crippen LogP contribution in [0.15, 0.2) is 218 Å². The molecule has 0 atom stereocenters. The number of anilines is 3. The zero-order valence-corrected chi connectivity index (χ0v) is 33.2. The van der Waals surface area contributed by atoms with E-state index < -0.39 is 0 Å². The predicted octanol–water partition coefficient (Wildman–Crippen LogP) is 15.6. The van der Waals surface area contributed by atoms with Gasteiger partial charge in [0, 0.05) is 38.9 Å². The average Bonchev–Trinajstić information content (AvgIpc) is 3.75. The van der Waals surface area contributed by atoms with Gasteiger partial charge < -0.3 is 9.47 Å². The summed E-state index contributed by atoms with van der Waals surface area (Å²) in [5, 5.41) is 2.51. The minimum atomic E-state index is -0.00401. The van der Waals surface area contributed by atoms with Crippen molar-refractivity contribution in [3.05, 3.63) is 230 Å². The fraction of sp³-hybridized carbons (Fsp3) is 0.0526. The molecule has 9 aromatic carbocycles. The van der Waals surface area contributed by atoms with Gasteiger partial charge in [0.05, 0.1) is 11.0 Å². The van der Waals surface area contributed by atoms with Crippen molar-refractivity contribution < 1.29 is 0 Å². The topological polar surface area (TPSA) is 8.17 Å². The highest BCUT2D eigenvalue weighted by Crippen LogP contribution is 2.49. The van der Waals surface area contributed by atoms with E-state index in [4.69, 9.17) is 0 Å². The zero-order valence-electron chi connectivity index (χ0n) is 33.2. The zero-order chi connectivity index (χ0) is 39.5. The summed E-state index contributed by atoms with van der Waals surface area (Å²) in [6.07, 6.45) is 0. The van der Waals surface area contributed by atoms with Crippen LogP contribution in [-0.4, -0.2) is 4.57 Å². The van der Waals surface area contributed by atoms with Crippen molar-refractivity contribution in [2.45, 2.75) is 19.3 Å². The molecule has 0 unspecified atom stereocenters. The van der Waals surface area contributed by atoms with Crippen LogP contribution < -0.4 is 4.90 Å². The Bertz CT molecular complexity index is 3140. The summed E-state index contributed by atoms with van der Waals surface area (Å²) >= 11 is 0. The molecule has 1 aromatic heterocycles. The van der Waals surface area contributed by atoms with Gasteiger partial charge in [-0.1, -0.05) is 159 Å². The van der Waals surface area contributed by atoms with Crippen LogP contribution in [0, 0.1) is 0 Å². The Kier molecular flexibility index (Phi) is 8.20. The lowest BCUT2D eigenvalue weighted by atomic mass is 9.82. The summed E-state index contributed by atoms with van der Waals surface area (Å²) in [7, 11) is 0. The average molecular weight is 755 g/mol. The van der Waals surface area contributed by atoms with Gasteiger partial charge in [0.2, 0.25) is 0 Å². The van der Waals surface area contributed by atoms with Gasteiger partial charge in [-0.05, 0) is 128 Å². The molecule has 11 rings (SSSR count). The van der Waals surface area contributed by atoms with E-state index in [0.717, 1.165) is 17.1 Å². The largest absolute Gasteiger partial charge is 0.311 e. The molecule has 2 nitrogen and oxygen atoms in total. The second-order valence-corrected chi connectivity index (χ2v) is 16.2. The number of nitrogens with zero attached hydrogens (tertiary/aromatic N) is 2. The van der Waals surface area contributed by atoms with Crippen molar-refractivity contribution in [1.82, 2.24) is 4.57 Å². The molecule has 0 N–H and O–H groups in total. The first kappa shape index (κ1) is 34.8. The second-order valence-electron chi connectivity index (χ2n) is 16.2. The van der Waals surface area contributed by atoms with E-state index in [2.05, 4.69) is 242 Å². The number of fused-ring (bicyclic) bond motifs is 6. The number of benzene rings is 9. The van der Waals surface area contributed by atoms with Crippen LogP contribution in [0.1, 0.15) is 25.0 Å². The highest BCUT2D eigenvalue weighted by Gasteiger charge is 2.35. The Labute approximate surface area is 345 Å². The van der Waals surface area contributed by atoms with Crippen LogP contribution in [0.25, 0.3) is 72.0 Å². The normalized spacial score (nSPS) is 12.7. The number of para-hydroxylation sites is 2.